The standard InChI is InChI=1S/C16H23NO3/c1-12-4-3-7-16(20,9-12)11-17-10-13-5-2-6-14(8-13)15(18)19/h2,5-6,8,12,17,20H,3-4,7,9-11H2,1H3,(H,18,19). The van der Waals surface area contributed by atoms with Crippen LogP contribution >= 0.6 is 0 Å². The molecule has 3 N–H and O–H groups in total. The smallest absolute Gasteiger partial charge is 0.335 e. The van der Waals surface area contributed by atoms with Crippen molar-refractivity contribution in [1.82, 2.24) is 5.32 Å². The highest BCUT2D eigenvalue weighted by molar-refractivity contribution is 5.87. The molecule has 2 unspecified atom stereocenters. The largest absolute Gasteiger partial charge is 0.478 e. The molecule has 0 amide bonds. The van der Waals surface area contributed by atoms with Gasteiger partial charge in [0.1, 0.15) is 0 Å². The number of rotatable bonds is 5. The molecule has 0 heterocycles. The van der Waals surface area contributed by atoms with E-state index in [-0.39, 0.29) is 0 Å². The number of carboxylic acids is 1. The minimum atomic E-state index is -0.911. The molecule has 110 valence electrons. The van der Waals surface area contributed by atoms with Crippen LogP contribution in [0.4, 0.5) is 0 Å². The minimum absolute atomic E-state index is 0.300. The first-order chi connectivity index (χ1) is 9.48. The van der Waals surface area contributed by atoms with Crippen LogP contribution in [0.3, 0.4) is 0 Å². The molecule has 0 aromatic heterocycles. The number of aliphatic hydroxyl groups is 1. The lowest BCUT2D eigenvalue weighted by atomic mass is 9.79. The van der Waals surface area contributed by atoms with Crippen LogP contribution < -0.4 is 5.32 Å². The van der Waals surface area contributed by atoms with Gasteiger partial charge in [0.2, 0.25) is 0 Å². The normalized spacial score (nSPS) is 26.4. The third-order valence-electron chi connectivity index (χ3n) is 4.02. The number of carbonyl (C=O) groups is 1. The number of nitrogens with one attached hydrogen (secondary N) is 1. The number of carboxylic acid groups (broad SMARTS) is 1. The highest BCUT2D eigenvalue weighted by atomic mass is 16.4. The third kappa shape index (κ3) is 4.05. The second-order valence-corrected chi connectivity index (χ2v) is 6.03. The maximum Gasteiger partial charge on any atom is 0.335 e. The first-order valence-electron chi connectivity index (χ1n) is 7.24. The van der Waals surface area contributed by atoms with Crippen LogP contribution in [0.5, 0.6) is 0 Å². The molecule has 0 spiro atoms. The number of benzene rings is 1. The van der Waals surface area contributed by atoms with Gasteiger partial charge in [-0.2, -0.15) is 0 Å². The van der Waals surface area contributed by atoms with E-state index in [1.807, 2.05) is 6.07 Å². The Balaban J connectivity index is 1.86. The van der Waals surface area contributed by atoms with Gasteiger partial charge in [0.05, 0.1) is 11.2 Å². The molecule has 0 radical (unpaired) electrons. The zero-order chi connectivity index (χ0) is 14.6. The SMILES string of the molecule is CC1CCCC(O)(CNCc2cccc(C(=O)O)c2)C1. The van der Waals surface area contributed by atoms with E-state index in [0.717, 1.165) is 24.8 Å². The Morgan fingerprint density at radius 2 is 2.30 bits per heavy atom. The van der Waals surface area contributed by atoms with E-state index >= 15 is 0 Å². The van der Waals surface area contributed by atoms with Gasteiger partial charge in [-0.3, -0.25) is 0 Å². The Kier molecular flexibility index (Phi) is 4.78. The fourth-order valence-corrected chi connectivity index (χ4v) is 3.05. The van der Waals surface area contributed by atoms with E-state index in [0.29, 0.717) is 24.6 Å². The molecular formula is C16H23NO3. The van der Waals surface area contributed by atoms with Gasteiger partial charge >= 0.3 is 5.97 Å². The van der Waals surface area contributed by atoms with E-state index in [1.165, 1.54) is 6.42 Å². The minimum Gasteiger partial charge on any atom is -0.478 e. The maximum atomic E-state index is 10.9. The van der Waals surface area contributed by atoms with Crippen LogP contribution in [0, 0.1) is 5.92 Å². The second kappa shape index (κ2) is 6.37. The van der Waals surface area contributed by atoms with Crippen molar-refractivity contribution in [3.63, 3.8) is 0 Å². The first-order valence-corrected chi connectivity index (χ1v) is 7.24. The molecule has 2 atom stereocenters. The van der Waals surface area contributed by atoms with E-state index in [1.54, 1.807) is 18.2 Å². The Labute approximate surface area is 119 Å². The summed E-state index contributed by atoms with van der Waals surface area (Å²) in [6.07, 6.45) is 3.96. The lowest BCUT2D eigenvalue weighted by molar-refractivity contribution is -0.0119. The molecule has 1 aromatic carbocycles. The number of aromatic carboxylic acids is 1. The highest BCUT2D eigenvalue weighted by Gasteiger charge is 2.31. The summed E-state index contributed by atoms with van der Waals surface area (Å²) >= 11 is 0. The average Bonchev–Trinajstić information content (AvgIpc) is 2.38. The summed E-state index contributed by atoms with van der Waals surface area (Å²) < 4.78 is 0. The molecule has 0 bridgehead atoms. The summed E-state index contributed by atoms with van der Waals surface area (Å²) in [5.74, 6) is -0.336. The van der Waals surface area contributed by atoms with Crippen molar-refractivity contribution >= 4 is 5.97 Å². The fourth-order valence-electron chi connectivity index (χ4n) is 3.05. The first kappa shape index (κ1) is 15.0. The van der Waals surface area contributed by atoms with Gasteiger partial charge in [-0.1, -0.05) is 31.9 Å². The van der Waals surface area contributed by atoms with Gasteiger partial charge in [-0.25, -0.2) is 4.79 Å². The van der Waals surface area contributed by atoms with Gasteiger partial charge in [0.25, 0.3) is 0 Å². The summed E-state index contributed by atoms with van der Waals surface area (Å²) in [5, 5.41) is 22.7. The van der Waals surface area contributed by atoms with Crippen LogP contribution in [0.15, 0.2) is 24.3 Å². The molecule has 1 aliphatic rings. The quantitative estimate of drug-likeness (QED) is 0.773. The molecule has 0 aliphatic heterocycles. The van der Waals surface area contributed by atoms with Crippen molar-refractivity contribution in [1.29, 1.82) is 0 Å². The van der Waals surface area contributed by atoms with Crippen LogP contribution in [0.1, 0.15) is 48.5 Å². The van der Waals surface area contributed by atoms with Gasteiger partial charge in [-0.05, 0) is 36.5 Å². The molecule has 1 saturated carbocycles. The molecule has 2 rings (SSSR count). The Morgan fingerprint density at radius 1 is 1.50 bits per heavy atom. The van der Waals surface area contributed by atoms with Crippen molar-refractivity contribution in [2.75, 3.05) is 6.54 Å². The fraction of sp³-hybridized carbons (Fsp3) is 0.562. The van der Waals surface area contributed by atoms with E-state index < -0.39 is 11.6 Å². The van der Waals surface area contributed by atoms with Crippen molar-refractivity contribution in [2.45, 2.75) is 44.8 Å². The summed E-state index contributed by atoms with van der Waals surface area (Å²) in [4.78, 5) is 10.9. The third-order valence-corrected chi connectivity index (χ3v) is 4.02. The van der Waals surface area contributed by atoms with Crippen LogP contribution in [0.2, 0.25) is 0 Å². The van der Waals surface area contributed by atoms with Gasteiger partial charge < -0.3 is 15.5 Å². The van der Waals surface area contributed by atoms with E-state index in [4.69, 9.17) is 5.11 Å². The van der Waals surface area contributed by atoms with Crippen molar-refractivity contribution in [3.05, 3.63) is 35.4 Å². The van der Waals surface area contributed by atoms with Crippen LogP contribution in [0.25, 0.3) is 0 Å². The highest BCUT2D eigenvalue weighted by Crippen LogP contribution is 2.31. The monoisotopic (exact) mass is 277 g/mol. The maximum absolute atomic E-state index is 10.9. The average molecular weight is 277 g/mol. The number of hydrogen-bond donors (Lipinski definition) is 3. The summed E-state index contributed by atoms with van der Waals surface area (Å²) in [6.45, 7) is 3.33. The molecule has 20 heavy (non-hydrogen) atoms. The molecule has 4 nitrogen and oxygen atoms in total. The predicted octanol–water partition coefficient (Wildman–Crippen LogP) is 2.42. The Morgan fingerprint density at radius 3 is 3.00 bits per heavy atom. The lowest BCUT2D eigenvalue weighted by Crippen LogP contribution is -2.43. The molecule has 1 fully saturated rings. The Hall–Kier alpha value is -1.39. The van der Waals surface area contributed by atoms with Gasteiger partial charge in [0.15, 0.2) is 0 Å². The van der Waals surface area contributed by atoms with Crippen molar-refractivity contribution in [3.8, 4) is 0 Å². The second-order valence-electron chi connectivity index (χ2n) is 6.03. The summed E-state index contributed by atoms with van der Waals surface area (Å²) in [6, 6.07) is 6.90. The molecular weight excluding hydrogens is 254 g/mol. The van der Waals surface area contributed by atoms with Crippen molar-refractivity contribution in [2.24, 2.45) is 5.92 Å². The lowest BCUT2D eigenvalue weighted by Gasteiger charge is -2.35. The Bertz CT molecular complexity index is 475. The zero-order valence-corrected chi connectivity index (χ0v) is 11.9. The predicted molar refractivity (Wildman–Crippen MR) is 77.7 cm³/mol. The van der Waals surface area contributed by atoms with Crippen molar-refractivity contribution < 1.29 is 15.0 Å². The van der Waals surface area contributed by atoms with Gasteiger partial charge in [0, 0.05) is 13.1 Å². The topological polar surface area (TPSA) is 69.6 Å². The molecule has 1 aromatic rings. The summed E-state index contributed by atoms with van der Waals surface area (Å²) in [7, 11) is 0. The number of hydrogen-bond acceptors (Lipinski definition) is 3. The summed E-state index contributed by atoms with van der Waals surface area (Å²) in [5.41, 5.74) is 0.619. The van der Waals surface area contributed by atoms with Crippen LogP contribution in [-0.4, -0.2) is 28.3 Å². The van der Waals surface area contributed by atoms with E-state index in [9.17, 15) is 9.90 Å². The van der Waals surface area contributed by atoms with Crippen LogP contribution in [-0.2, 0) is 6.54 Å². The molecule has 4 heteroatoms. The molecule has 0 saturated heterocycles. The zero-order valence-electron chi connectivity index (χ0n) is 11.9. The molecule has 1 aliphatic carbocycles. The van der Waals surface area contributed by atoms with E-state index in [2.05, 4.69) is 12.2 Å². The van der Waals surface area contributed by atoms with Gasteiger partial charge in [-0.15, -0.1) is 0 Å².